The third-order valence-corrected chi connectivity index (χ3v) is 3.61. The van der Waals surface area contributed by atoms with E-state index in [1.807, 2.05) is 34.7 Å². The van der Waals surface area contributed by atoms with Crippen LogP contribution in [0.25, 0.3) is 0 Å². The number of rotatable bonds is 3. The molecule has 110 valence electrons. The maximum absolute atomic E-state index is 11.0. The van der Waals surface area contributed by atoms with E-state index in [0.717, 1.165) is 5.56 Å². The van der Waals surface area contributed by atoms with E-state index in [-0.39, 0.29) is 30.1 Å². The summed E-state index contributed by atoms with van der Waals surface area (Å²) in [6, 6.07) is 3.73. The number of nitrogens with two attached hydrogens (primary N) is 2. The van der Waals surface area contributed by atoms with Crippen molar-refractivity contribution in [3.63, 3.8) is 0 Å². The lowest BCUT2D eigenvalue weighted by molar-refractivity contribution is 0.482. The Bertz CT molecular complexity index is 556. The monoisotopic (exact) mass is 420 g/mol. The van der Waals surface area contributed by atoms with E-state index in [9.17, 15) is 8.42 Å². The molecule has 4 N–H and O–H groups in total. The van der Waals surface area contributed by atoms with E-state index < -0.39 is 10.3 Å². The molecule has 0 saturated heterocycles. The zero-order valence-corrected chi connectivity index (χ0v) is 14.7. The first-order valence-corrected chi connectivity index (χ1v) is 7.85. The first-order chi connectivity index (χ1) is 8.04. The second-order valence-electron chi connectivity index (χ2n) is 4.98. The Hall–Kier alpha value is -0.0900. The van der Waals surface area contributed by atoms with Crippen molar-refractivity contribution in [2.75, 3.05) is 0 Å². The van der Waals surface area contributed by atoms with Gasteiger partial charge in [-0.05, 0) is 39.6 Å². The minimum atomic E-state index is -4.04. The Morgan fingerprint density at radius 3 is 2.21 bits per heavy atom. The predicted molar refractivity (Wildman–Crippen MR) is 86.7 cm³/mol. The average molecular weight is 421 g/mol. The average Bonchev–Trinajstić information content (AvgIpc) is 2.17. The summed E-state index contributed by atoms with van der Waals surface area (Å²) in [5.74, 6) is 0.216. The number of hydrogen-bond acceptors (Lipinski definition) is 4. The lowest BCUT2D eigenvalue weighted by Crippen LogP contribution is -2.21. The van der Waals surface area contributed by atoms with E-state index in [1.54, 1.807) is 0 Å². The van der Waals surface area contributed by atoms with E-state index in [0.29, 0.717) is 9.13 Å². The minimum Gasteiger partial charge on any atom is -0.370 e. The molecule has 0 aliphatic heterocycles. The van der Waals surface area contributed by atoms with Crippen LogP contribution in [0.15, 0.2) is 12.1 Å². The van der Waals surface area contributed by atoms with Gasteiger partial charge in [0.15, 0.2) is 5.75 Å². The Morgan fingerprint density at radius 2 is 1.84 bits per heavy atom. The van der Waals surface area contributed by atoms with Gasteiger partial charge in [0.1, 0.15) is 0 Å². The molecular formula is C11H18ClIN2O3S. The molecule has 0 heterocycles. The fraction of sp³-hybridized carbons (Fsp3) is 0.455. The van der Waals surface area contributed by atoms with Crippen LogP contribution in [0, 0.1) is 3.57 Å². The summed E-state index contributed by atoms with van der Waals surface area (Å²) in [6.07, 6.45) is 0. The van der Waals surface area contributed by atoms with Crippen LogP contribution in [0.2, 0.25) is 0 Å². The van der Waals surface area contributed by atoms with Crippen molar-refractivity contribution in [3.05, 3.63) is 26.8 Å². The highest BCUT2D eigenvalue weighted by Gasteiger charge is 2.20. The van der Waals surface area contributed by atoms with Gasteiger partial charge in [-0.3, -0.25) is 0 Å². The largest absolute Gasteiger partial charge is 0.380 e. The Labute approximate surface area is 133 Å². The van der Waals surface area contributed by atoms with Gasteiger partial charge in [0, 0.05) is 12.1 Å². The smallest absolute Gasteiger partial charge is 0.370 e. The van der Waals surface area contributed by atoms with Gasteiger partial charge in [0.2, 0.25) is 0 Å². The zero-order valence-electron chi connectivity index (χ0n) is 10.9. The molecule has 0 aromatic heterocycles. The van der Waals surface area contributed by atoms with Crippen molar-refractivity contribution in [2.24, 2.45) is 10.9 Å². The van der Waals surface area contributed by atoms with Gasteiger partial charge in [-0.15, -0.1) is 12.4 Å². The summed E-state index contributed by atoms with van der Waals surface area (Å²) in [5, 5.41) is 4.89. The van der Waals surface area contributed by atoms with Crippen molar-refractivity contribution in [3.8, 4) is 5.75 Å². The van der Waals surface area contributed by atoms with Crippen LogP contribution in [0.1, 0.15) is 31.9 Å². The van der Waals surface area contributed by atoms with E-state index >= 15 is 0 Å². The van der Waals surface area contributed by atoms with Gasteiger partial charge in [0.25, 0.3) is 0 Å². The van der Waals surface area contributed by atoms with Crippen molar-refractivity contribution >= 4 is 45.3 Å². The molecule has 5 nitrogen and oxygen atoms in total. The first kappa shape index (κ1) is 18.9. The lowest BCUT2D eigenvalue weighted by Gasteiger charge is -2.22. The number of benzene rings is 1. The number of hydrogen-bond donors (Lipinski definition) is 2. The van der Waals surface area contributed by atoms with Crippen molar-refractivity contribution in [1.29, 1.82) is 0 Å². The molecule has 0 fully saturated rings. The van der Waals surface area contributed by atoms with E-state index in [4.69, 9.17) is 15.1 Å². The summed E-state index contributed by atoms with van der Waals surface area (Å²) in [6.45, 7) is 6.39. The summed E-state index contributed by atoms with van der Waals surface area (Å²) in [4.78, 5) is 0. The molecule has 0 saturated carbocycles. The summed E-state index contributed by atoms with van der Waals surface area (Å²) < 4.78 is 27.5. The fourth-order valence-corrected chi connectivity index (χ4v) is 2.82. The fourth-order valence-electron chi connectivity index (χ4n) is 1.44. The molecule has 0 aliphatic rings. The SMILES string of the molecule is CC(C)(C)c1cc(I)c(OS(N)(=O)=O)c(CN)c1.Cl. The first-order valence-electron chi connectivity index (χ1n) is 5.30. The molecule has 1 rings (SSSR count). The predicted octanol–water partition coefficient (Wildman–Crippen LogP) is 2.05. The molecule has 0 unspecified atom stereocenters. The summed E-state index contributed by atoms with van der Waals surface area (Å²) in [5.41, 5.74) is 7.27. The van der Waals surface area contributed by atoms with Gasteiger partial charge in [-0.25, -0.2) is 0 Å². The van der Waals surface area contributed by atoms with Gasteiger partial charge >= 0.3 is 10.3 Å². The Balaban J connectivity index is 0.00000324. The van der Waals surface area contributed by atoms with Gasteiger partial charge < -0.3 is 9.92 Å². The Kier molecular flexibility index (Phi) is 6.54. The lowest BCUT2D eigenvalue weighted by atomic mass is 9.86. The third-order valence-electron chi connectivity index (χ3n) is 2.41. The standard InChI is InChI=1S/C11H17IN2O3S.ClH/c1-11(2,3)8-4-7(6-13)10(9(12)5-8)17-18(14,15)16;/h4-5H,6,13H2,1-3H3,(H2,14,15,16);1H. The van der Waals surface area contributed by atoms with E-state index in [2.05, 4.69) is 20.8 Å². The van der Waals surface area contributed by atoms with Crippen LogP contribution in [0.5, 0.6) is 5.75 Å². The third kappa shape index (κ3) is 5.42. The summed E-state index contributed by atoms with van der Waals surface area (Å²) in [7, 11) is -4.04. The van der Waals surface area contributed by atoms with Crippen LogP contribution < -0.4 is 15.1 Å². The van der Waals surface area contributed by atoms with E-state index in [1.165, 1.54) is 0 Å². The van der Waals surface area contributed by atoms with Gasteiger partial charge in [-0.1, -0.05) is 26.8 Å². The molecule has 0 radical (unpaired) electrons. The van der Waals surface area contributed by atoms with Crippen LogP contribution in [-0.4, -0.2) is 8.42 Å². The quantitative estimate of drug-likeness (QED) is 0.732. The molecule has 8 heteroatoms. The van der Waals surface area contributed by atoms with Crippen LogP contribution >= 0.6 is 35.0 Å². The van der Waals surface area contributed by atoms with Crippen molar-refractivity contribution in [1.82, 2.24) is 0 Å². The number of halogens is 2. The maximum atomic E-state index is 11.0. The Morgan fingerprint density at radius 1 is 1.32 bits per heavy atom. The van der Waals surface area contributed by atoms with Gasteiger partial charge in [-0.2, -0.15) is 13.6 Å². The zero-order chi connectivity index (χ0) is 14.1. The molecule has 0 spiro atoms. The molecule has 0 bridgehead atoms. The topological polar surface area (TPSA) is 95.4 Å². The molecule has 0 aliphatic carbocycles. The van der Waals surface area contributed by atoms with Gasteiger partial charge in [0.05, 0.1) is 3.57 Å². The van der Waals surface area contributed by atoms with Crippen molar-refractivity contribution < 1.29 is 12.6 Å². The molecule has 1 aromatic carbocycles. The molecule has 19 heavy (non-hydrogen) atoms. The molecule has 1 aromatic rings. The highest BCUT2D eigenvalue weighted by molar-refractivity contribution is 14.1. The van der Waals surface area contributed by atoms with Crippen LogP contribution in [-0.2, 0) is 22.3 Å². The summed E-state index contributed by atoms with van der Waals surface area (Å²) >= 11 is 2.01. The second-order valence-corrected chi connectivity index (χ2v) is 7.29. The normalized spacial score (nSPS) is 11.9. The highest BCUT2D eigenvalue weighted by Crippen LogP contribution is 2.33. The second kappa shape index (κ2) is 6.57. The highest BCUT2D eigenvalue weighted by atomic mass is 127. The van der Waals surface area contributed by atoms with Crippen LogP contribution in [0.3, 0.4) is 0 Å². The molecular weight excluding hydrogens is 403 g/mol. The van der Waals surface area contributed by atoms with Crippen molar-refractivity contribution in [2.45, 2.75) is 32.7 Å². The van der Waals surface area contributed by atoms with Crippen LogP contribution in [0.4, 0.5) is 0 Å². The molecule has 0 atom stereocenters. The molecule has 0 amide bonds. The maximum Gasteiger partial charge on any atom is 0.380 e. The minimum absolute atomic E-state index is 0.